The van der Waals surface area contributed by atoms with Crippen molar-refractivity contribution in [1.82, 2.24) is 0 Å². The molecule has 0 amide bonds. The van der Waals surface area contributed by atoms with Gasteiger partial charge in [0.1, 0.15) is 0 Å². The Hall–Kier alpha value is -0.300. The maximum atomic E-state index is 10.7. The molecule has 0 radical (unpaired) electrons. The number of hydrogen-bond donors (Lipinski definition) is 1. The van der Waals surface area contributed by atoms with E-state index in [1.54, 1.807) is 38.5 Å². The standard InChI is InChI=1S/C8H14.CHF3O3S/c1-2-8-5-3-7(1)4-6-8;2-1(3,4)8(5,6)7/h7-8H,1-6H2;(H,5,6,7). The van der Waals surface area contributed by atoms with Gasteiger partial charge in [-0.15, -0.1) is 0 Å². The molecule has 3 rings (SSSR count). The minimum atomic E-state index is -5.84. The van der Waals surface area contributed by atoms with Gasteiger partial charge in [0, 0.05) is 0 Å². The van der Waals surface area contributed by atoms with Crippen molar-refractivity contribution in [3.05, 3.63) is 0 Å². The molecule has 0 aliphatic heterocycles. The Morgan fingerprint density at radius 3 is 1.12 bits per heavy atom. The first-order chi connectivity index (χ1) is 7.20. The van der Waals surface area contributed by atoms with Crippen molar-refractivity contribution < 1.29 is 26.1 Å². The highest BCUT2D eigenvalue weighted by atomic mass is 32.2. The molecule has 0 aromatic rings. The van der Waals surface area contributed by atoms with E-state index in [0.717, 1.165) is 11.8 Å². The van der Waals surface area contributed by atoms with Gasteiger partial charge in [-0.05, 0) is 11.8 Å². The molecule has 0 spiro atoms. The summed E-state index contributed by atoms with van der Waals surface area (Å²) in [5, 5.41) is 0. The molecule has 96 valence electrons. The van der Waals surface area contributed by atoms with E-state index in [2.05, 4.69) is 0 Å². The quantitative estimate of drug-likeness (QED) is 0.538. The van der Waals surface area contributed by atoms with Crippen molar-refractivity contribution in [3.63, 3.8) is 0 Å². The van der Waals surface area contributed by atoms with Gasteiger partial charge in [-0.25, -0.2) is 0 Å². The van der Waals surface area contributed by atoms with Crippen molar-refractivity contribution in [2.75, 3.05) is 0 Å². The molecule has 2 bridgehead atoms. The van der Waals surface area contributed by atoms with E-state index in [1.165, 1.54) is 0 Å². The van der Waals surface area contributed by atoms with Gasteiger partial charge in [0.05, 0.1) is 0 Å². The van der Waals surface area contributed by atoms with E-state index < -0.39 is 15.6 Å². The van der Waals surface area contributed by atoms with Gasteiger partial charge in [0.2, 0.25) is 0 Å². The van der Waals surface area contributed by atoms with Crippen molar-refractivity contribution in [2.24, 2.45) is 11.8 Å². The minimum absolute atomic E-state index is 1.15. The van der Waals surface area contributed by atoms with E-state index >= 15 is 0 Å². The summed E-state index contributed by atoms with van der Waals surface area (Å²) in [7, 11) is -5.84. The Labute approximate surface area is 92.8 Å². The van der Waals surface area contributed by atoms with Gasteiger partial charge in [-0.3, -0.25) is 4.55 Å². The van der Waals surface area contributed by atoms with Crippen LogP contribution >= 0.6 is 0 Å². The third-order valence-corrected chi connectivity index (χ3v) is 3.83. The fourth-order valence-corrected chi connectivity index (χ4v) is 2.28. The zero-order valence-electron chi connectivity index (χ0n) is 8.70. The predicted molar refractivity (Wildman–Crippen MR) is 52.3 cm³/mol. The Morgan fingerprint density at radius 1 is 0.875 bits per heavy atom. The van der Waals surface area contributed by atoms with Crippen LogP contribution in [0.3, 0.4) is 0 Å². The first-order valence-corrected chi connectivity index (χ1v) is 6.68. The normalized spacial score (nSPS) is 29.5. The van der Waals surface area contributed by atoms with E-state index in [1.807, 2.05) is 0 Å². The van der Waals surface area contributed by atoms with Crippen LogP contribution in [-0.4, -0.2) is 18.5 Å². The molecule has 0 aromatic heterocycles. The molecular weight excluding hydrogens is 245 g/mol. The SMILES string of the molecule is C1CC2CCC1CC2.O=S(=O)(O)C(F)(F)F. The molecule has 1 N–H and O–H groups in total. The summed E-state index contributed by atoms with van der Waals surface area (Å²) in [6.07, 6.45) is 9.36. The molecule has 16 heavy (non-hydrogen) atoms. The zero-order valence-corrected chi connectivity index (χ0v) is 9.52. The van der Waals surface area contributed by atoms with Gasteiger partial charge < -0.3 is 0 Å². The van der Waals surface area contributed by atoms with E-state index in [0.29, 0.717) is 0 Å². The Bertz CT molecular complexity index is 292. The van der Waals surface area contributed by atoms with Crippen LogP contribution in [0.2, 0.25) is 0 Å². The molecule has 0 heterocycles. The topological polar surface area (TPSA) is 54.4 Å². The molecule has 0 unspecified atom stereocenters. The van der Waals surface area contributed by atoms with Crippen molar-refractivity contribution in [1.29, 1.82) is 0 Å². The second-order valence-corrected chi connectivity index (χ2v) is 5.80. The van der Waals surface area contributed by atoms with Gasteiger partial charge in [0.25, 0.3) is 0 Å². The monoisotopic (exact) mass is 260 g/mol. The lowest BCUT2D eigenvalue weighted by Crippen LogP contribution is -2.21. The smallest absolute Gasteiger partial charge is 0.279 e. The highest BCUT2D eigenvalue weighted by molar-refractivity contribution is 7.86. The third kappa shape index (κ3) is 3.93. The average Bonchev–Trinajstić information content (AvgIpc) is 2.18. The van der Waals surface area contributed by atoms with Crippen LogP contribution in [0.5, 0.6) is 0 Å². The van der Waals surface area contributed by atoms with Crippen molar-refractivity contribution in [2.45, 2.75) is 44.0 Å². The predicted octanol–water partition coefficient (Wildman–Crippen LogP) is 2.98. The molecule has 7 heteroatoms. The van der Waals surface area contributed by atoms with Crippen LogP contribution in [-0.2, 0) is 10.1 Å². The van der Waals surface area contributed by atoms with Crippen LogP contribution in [0.25, 0.3) is 0 Å². The third-order valence-electron chi connectivity index (χ3n) is 3.24. The van der Waals surface area contributed by atoms with Crippen LogP contribution in [0.15, 0.2) is 0 Å². The Balaban J connectivity index is 0.000000160. The number of fused-ring (bicyclic) bond motifs is 3. The summed E-state index contributed by atoms with van der Waals surface area (Å²) < 4.78 is 57.5. The molecular formula is C9H15F3O3S. The summed E-state index contributed by atoms with van der Waals surface area (Å²) in [5.41, 5.74) is -5.53. The van der Waals surface area contributed by atoms with Crippen molar-refractivity contribution in [3.8, 4) is 0 Å². The summed E-state index contributed by atoms with van der Waals surface area (Å²) in [6, 6.07) is 0. The van der Waals surface area contributed by atoms with E-state index in [-0.39, 0.29) is 0 Å². The molecule has 0 atom stereocenters. The maximum Gasteiger partial charge on any atom is 0.522 e. The summed E-state index contributed by atoms with van der Waals surface area (Å²) in [6.45, 7) is 0. The van der Waals surface area contributed by atoms with Crippen LogP contribution < -0.4 is 0 Å². The molecule has 3 aliphatic rings. The van der Waals surface area contributed by atoms with E-state index in [9.17, 15) is 13.2 Å². The highest BCUT2D eigenvalue weighted by Crippen LogP contribution is 2.40. The number of hydrogen-bond acceptors (Lipinski definition) is 2. The average molecular weight is 260 g/mol. The fraction of sp³-hybridized carbons (Fsp3) is 1.00. The van der Waals surface area contributed by atoms with Crippen LogP contribution in [0.1, 0.15) is 38.5 Å². The lowest BCUT2D eigenvalue weighted by Gasteiger charge is -2.35. The molecule has 0 aromatic carbocycles. The van der Waals surface area contributed by atoms with Gasteiger partial charge in [-0.2, -0.15) is 21.6 Å². The minimum Gasteiger partial charge on any atom is -0.279 e. The number of halogens is 3. The summed E-state index contributed by atoms with van der Waals surface area (Å²) in [5.74, 6) is 2.31. The van der Waals surface area contributed by atoms with E-state index in [4.69, 9.17) is 13.0 Å². The maximum absolute atomic E-state index is 10.7. The van der Waals surface area contributed by atoms with Crippen LogP contribution in [0.4, 0.5) is 13.2 Å². The molecule has 0 saturated heterocycles. The molecule has 3 nitrogen and oxygen atoms in total. The molecule has 3 saturated carbocycles. The fourth-order valence-electron chi connectivity index (χ4n) is 2.28. The molecule has 3 fully saturated rings. The largest absolute Gasteiger partial charge is 0.522 e. The van der Waals surface area contributed by atoms with Gasteiger partial charge in [-0.1, -0.05) is 38.5 Å². The second-order valence-electron chi connectivity index (χ2n) is 4.38. The Kier molecular flexibility index (Phi) is 4.23. The first-order valence-electron chi connectivity index (χ1n) is 5.24. The van der Waals surface area contributed by atoms with Gasteiger partial charge >= 0.3 is 15.6 Å². The Morgan fingerprint density at radius 2 is 1.06 bits per heavy atom. The van der Waals surface area contributed by atoms with Gasteiger partial charge in [0.15, 0.2) is 0 Å². The first kappa shape index (κ1) is 13.8. The lowest BCUT2D eigenvalue weighted by molar-refractivity contribution is -0.0510. The zero-order chi connectivity index (χ0) is 12.4. The van der Waals surface area contributed by atoms with Crippen LogP contribution in [0, 0.1) is 11.8 Å². The van der Waals surface area contributed by atoms with Crippen molar-refractivity contribution >= 4 is 10.1 Å². The summed E-state index contributed by atoms with van der Waals surface area (Å²) >= 11 is 0. The second kappa shape index (κ2) is 4.91. The number of alkyl halides is 3. The lowest BCUT2D eigenvalue weighted by atomic mass is 9.71. The number of rotatable bonds is 0. The summed E-state index contributed by atoms with van der Waals surface area (Å²) in [4.78, 5) is 0. The highest BCUT2D eigenvalue weighted by Gasteiger charge is 2.44. The molecule has 3 aliphatic carbocycles.